The highest BCUT2D eigenvalue weighted by Gasteiger charge is 2.03. The van der Waals surface area contributed by atoms with E-state index in [1.54, 1.807) is 0 Å². The first kappa shape index (κ1) is 8.11. The molecule has 8 heavy (non-hydrogen) atoms. The monoisotopic (exact) mass is 238 g/mol. The minimum absolute atomic E-state index is 0.204. The molecule has 44 valence electrons. The van der Waals surface area contributed by atoms with Gasteiger partial charge in [-0.25, -0.2) is 0 Å². The minimum atomic E-state index is -0.204. The number of hydrogen-bond acceptors (Lipinski definition) is 1. The van der Waals surface area contributed by atoms with E-state index in [9.17, 15) is 4.79 Å². The van der Waals surface area contributed by atoms with Crippen LogP contribution in [0.25, 0.3) is 0 Å². The molecule has 0 aromatic heterocycles. The van der Waals surface area contributed by atoms with Crippen molar-refractivity contribution in [3.63, 3.8) is 0 Å². The molecule has 0 heterocycles. The van der Waals surface area contributed by atoms with E-state index in [-0.39, 0.29) is 5.78 Å². The molecule has 0 aliphatic carbocycles. The van der Waals surface area contributed by atoms with E-state index >= 15 is 0 Å². The standard InChI is InChI=1S/C5H4Br2O/c1-3(6)5(8)4(2)7/h1-2H2. The van der Waals surface area contributed by atoms with E-state index in [4.69, 9.17) is 0 Å². The molecule has 0 saturated carbocycles. The van der Waals surface area contributed by atoms with Gasteiger partial charge in [0.25, 0.3) is 0 Å². The third-order valence-corrected chi connectivity index (χ3v) is 1.21. The Morgan fingerprint density at radius 2 is 1.38 bits per heavy atom. The summed E-state index contributed by atoms with van der Waals surface area (Å²) < 4.78 is 0.638. The number of carbonyl (C=O) groups excluding carboxylic acids is 1. The van der Waals surface area contributed by atoms with Gasteiger partial charge in [-0.3, -0.25) is 4.79 Å². The Morgan fingerprint density at radius 3 is 1.38 bits per heavy atom. The summed E-state index contributed by atoms with van der Waals surface area (Å²) in [4.78, 5) is 10.5. The first-order valence-electron chi connectivity index (χ1n) is 1.79. The van der Waals surface area contributed by atoms with Gasteiger partial charge in [0.1, 0.15) is 0 Å². The highest BCUT2D eigenvalue weighted by atomic mass is 79.9. The average molecular weight is 240 g/mol. The third kappa shape index (κ3) is 2.43. The normalized spacial score (nSPS) is 8.25. The molecule has 0 bridgehead atoms. The van der Waals surface area contributed by atoms with Gasteiger partial charge in [0.2, 0.25) is 5.78 Å². The lowest BCUT2D eigenvalue weighted by molar-refractivity contribution is -0.110. The maximum absolute atomic E-state index is 10.5. The zero-order chi connectivity index (χ0) is 6.73. The van der Waals surface area contributed by atoms with Crippen molar-refractivity contribution in [2.24, 2.45) is 0 Å². The summed E-state index contributed by atoms with van der Waals surface area (Å²) in [6.45, 7) is 6.71. The minimum Gasteiger partial charge on any atom is -0.287 e. The molecule has 0 atom stereocenters. The molecule has 1 nitrogen and oxygen atoms in total. The highest BCUT2D eigenvalue weighted by molar-refractivity contribution is 9.13. The van der Waals surface area contributed by atoms with Gasteiger partial charge in [-0.15, -0.1) is 0 Å². The van der Waals surface area contributed by atoms with Crippen LogP contribution in [-0.4, -0.2) is 5.78 Å². The van der Waals surface area contributed by atoms with E-state index in [0.717, 1.165) is 0 Å². The second-order valence-corrected chi connectivity index (χ2v) is 3.05. The zero-order valence-corrected chi connectivity index (χ0v) is 7.25. The molecule has 0 aliphatic rings. The van der Waals surface area contributed by atoms with Gasteiger partial charge in [0.05, 0.1) is 8.96 Å². The van der Waals surface area contributed by atoms with Crippen molar-refractivity contribution < 1.29 is 4.79 Å². The van der Waals surface area contributed by atoms with E-state index in [2.05, 4.69) is 45.0 Å². The first-order valence-corrected chi connectivity index (χ1v) is 3.38. The number of rotatable bonds is 2. The Hall–Kier alpha value is 0.110. The predicted molar refractivity (Wildman–Crippen MR) is 41.1 cm³/mol. The maximum atomic E-state index is 10.5. The summed E-state index contributed by atoms with van der Waals surface area (Å²) >= 11 is 5.81. The van der Waals surface area contributed by atoms with Crippen LogP contribution in [0.15, 0.2) is 22.1 Å². The second kappa shape index (κ2) is 3.20. The number of halogens is 2. The van der Waals surface area contributed by atoms with Gasteiger partial charge in [-0.1, -0.05) is 13.2 Å². The first-order chi connectivity index (χ1) is 3.55. The summed E-state index contributed by atoms with van der Waals surface area (Å²) in [5.41, 5.74) is 0. The van der Waals surface area contributed by atoms with Crippen molar-refractivity contribution in [1.29, 1.82) is 0 Å². The second-order valence-electron chi connectivity index (χ2n) is 1.14. The number of hydrogen-bond donors (Lipinski definition) is 0. The van der Waals surface area contributed by atoms with Gasteiger partial charge in [0, 0.05) is 0 Å². The van der Waals surface area contributed by atoms with Gasteiger partial charge < -0.3 is 0 Å². The molecule has 0 N–H and O–H groups in total. The van der Waals surface area contributed by atoms with Crippen LogP contribution < -0.4 is 0 Å². The van der Waals surface area contributed by atoms with E-state index in [1.807, 2.05) is 0 Å². The summed E-state index contributed by atoms with van der Waals surface area (Å²) in [5.74, 6) is -0.204. The molecule has 3 heteroatoms. The molecule has 0 saturated heterocycles. The molecular formula is C5H4Br2O. The Labute approximate surface area is 64.7 Å². The molecule has 0 spiro atoms. The number of ketones is 1. The van der Waals surface area contributed by atoms with E-state index < -0.39 is 0 Å². The highest BCUT2D eigenvalue weighted by Crippen LogP contribution is 2.12. The predicted octanol–water partition coefficient (Wildman–Crippen LogP) is 2.37. The fourth-order valence-corrected chi connectivity index (χ4v) is 0.892. The Morgan fingerprint density at radius 1 is 1.12 bits per heavy atom. The van der Waals surface area contributed by atoms with E-state index in [1.165, 1.54) is 0 Å². The molecule has 0 rings (SSSR count). The molecule has 0 fully saturated rings. The molecule has 0 radical (unpaired) electrons. The molecule has 0 unspecified atom stereocenters. The molecule has 0 aromatic rings. The SMILES string of the molecule is C=C(Br)C(=O)C(=C)Br. The summed E-state index contributed by atoms with van der Waals surface area (Å²) in [6.07, 6.45) is 0. The van der Waals surface area contributed by atoms with Gasteiger partial charge in [-0.2, -0.15) is 0 Å². The van der Waals surface area contributed by atoms with Crippen molar-refractivity contribution in [3.05, 3.63) is 22.1 Å². The fraction of sp³-hybridized carbons (Fsp3) is 0. The number of carbonyl (C=O) groups is 1. The Balaban J connectivity index is 4.05. The van der Waals surface area contributed by atoms with Crippen LogP contribution in [-0.2, 0) is 4.79 Å². The lowest BCUT2D eigenvalue weighted by Gasteiger charge is -1.89. The van der Waals surface area contributed by atoms with Crippen LogP contribution in [0.3, 0.4) is 0 Å². The molecule has 0 aromatic carbocycles. The number of allylic oxidation sites excluding steroid dienone is 2. The van der Waals surface area contributed by atoms with E-state index in [0.29, 0.717) is 8.96 Å². The lowest BCUT2D eigenvalue weighted by atomic mass is 10.4. The Kier molecular flexibility index (Phi) is 3.24. The molecule has 0 aliphatic heterocycles. The van der Waals surface area contributed by atoms with Crippen molar-refractivity contribution in [1.82, 2.24) is 0 Å². The average Bonchev–Trinajstić information content (AvgIpc) is 1.64. The quantitative estimate of drug-likeness (QED) is 0.677. The molecular weight excluding hydrogens is 236 g/mol. The Bertz CT molecular complexity index is 133. The smallest absolute Gasteiger partial charge is 0.205 e. The largest absolute Gasteiger partial charge is 0.287 e. The van der Waals surface area contributed by atoms with Crippen LogP contribution in [0.1, 0.15) is 0 Å². The van der Waals surface area contributed by atoms with Crippen molar-refractivity contribution in [3.8, 4) is 0 Å². The lowest BCUT2D eigenvalue weighted by Crippen LogP contribution is -1.92. The van der Waals surface area contributed by atoms with Gasteiger partial charge in [0.15, 0.2) is 0 Å². The third-order valence-electron chi connectivity index (χ3n) is 0.493. The van der Waals surface area contributed by atoms with Crippen LogP contribution in [0.4, 0.5) is 0 Å². The fourth-order valence-electron chi connectivity index (χ4n) is 0.147. The van der Waals surface area contributed by atoms with Crippen LogP contribution >= 0.6 is 31.9 Å². The van der Waals surface area contributed by atoms with Crippen LogP contribution in [0.5, 0.6) is 0 Å². The topological polar surface area (TPSA) is 17.1 Å². The van der Waals surface area contributed by atoms with Gasteiger partial charge in [-0.05, 0) is 31.9 Å². The van der Waals surface area contributed by atoms with Crippen LogP contribution in [0, 0.1) is 0 Å². The summed E-state index contributed by atoms with van der Waals surface area (Å²) in [6, 6.07) is 0. The summed E-state index contributed by atoms with van der Waals surface area (Å²) in [5, 5.41) is 0. The van der Waals surface area contributed by atoms with Crippen molar-refractivity contribution in [2.45, 2.75) is 0 Å². The number of Topliss-reactive ketones (excluding diaryl/α,β-unsaturated/α-hetero) is 1. The maximum Gasteiger partial charge on any atom is 0.205 e. The zero-order valence-electron chi connectivity index (χ0n) is 4.08. The van der Waals surface area contributed by atoms with Gasteiger partial charge >= 0.3 is 0 Å². The molecule has 0 amide bonds. The van der Waals surface area contributed by atoms with Crippen molar-refractivity contribution >= 4 is 37.6 Å². The van der Waals surface area contributed by atoms with Crippen LogP contribution in [0.2, 0.25) is 0 Å². The summed E-state index contributed by atoms with van der Waals surface area (Å²) in [7, 11) is 0. The van der Waals surface area contributed by atoms with Crippen molar-refractivity contribution in [2.75, 3.05) is 0 Å².